The lowest BCUT2D eigenvalue weighted by atomic mass is 9.54. The molecule has 10 aliphatic carbocycles. The highest BCUT2D eigenvalue weighted by molar-refractivity contribution is 8.00. The highest BCUT2D eigenvalue weighted by atomic mass is 32.2. The summed E-state index contributed by atoms with van der Waals surface area (Å²) in [7, 11) is 0. The molecule has 13 atom stereocenters. The maximum Gasteiger partial charge on any atom is 0.160 e. The summed E-state index contributed by atoms with van der Waals surface area (Å²) in [6.07, 6.45) is 45.2. The molecule has 0 amide bonds. The van der Waals surface area contributed by atoms with Crippen LogP contribution in [0.1, 0.15) is 106 Å². The van der Waals surface area contributed by atoms with E-state index in [0.29, 0.717) is 37.8 Å². The summed E-state index contributed by atoms with van der Waals surface area (Å²) in [5.41, 5.74) is 13.0. The highest BCUT2D eigenvalue weighted by Crippen LogP contribution is 2.69. The maximum atomic E-state index is 16.0. The summed E-state index contributed by atoms with van der Waals surface area (Å²) in [6, 6.07) is 25.8. The van der Waals surface area contributed by atoms with Gasteiger partial charge in [0, 0.05) is 73.9 Å². The molecule has 15 rings (SSSR count). The first kappa shape index (κ1) is 56.3. The summed E-state index contributed by atoms with van der Waals surface area (Å²) >= 11 is 1.79. The first-order chi connectivity index (χ1) is 42.5. The topological polar surface area (TPSA) is 6.48 Å². The SMILES string of the molecule is C=CC1=CC=C(C2(C3CC=C(F)CC3)C3C=CC=CC3C3C=CC(N(c4ccc(F)c(F)c4)c4ccc5c(c4)C4C=C(N(c6ccc7c(c6)C(C6CC=C(F)CC6)(C6CC=C(C=C)CC6)c6ccccc6-7)C6CC=C(F)C(F)C6)C=CC4S5)=CC32)CC1. The Morgan fingerprint density at radius 3 is 2.02 bits per heavy atom. The standard InChI is InChI=1S/C78H72F6N2S/c1-3-47-13-17-49(18-14-47)77(51-21-25-53(79)26-22-51)67-11-7-5-9-61(67)63-35-29-57(43-69(63)77)85(59-31-37-71(81)73(83)45-59)55-33-39-75-65(41-55)66-42-56(34-40-76(66)87-75)86(60-32-38-72(82)74(84)46-60)58-30-36-64-62-10-6-8-12-68(62)78(70(64)44-58,52-23-27-54(80)28-24-52)50-19-15-48(4-2)16-20-50/h3-13,15,17,25,27,29-31,33-45,50-52,60-61,63,66-67,69,74,76H,1-2,14,16,18-24,26,28,32,46H2. The lowest BCUT2D eigenvalue weighted by Gasteiger charge is -2.50. The number of hydrogen-bond donors (Lipinski definition) is 0. The minimum atomic E-state index is -1.75. The molecule has 87 heavy (non-hydrogen) atoms. The van der Waals surface area contributed by atoms with E-state index in [1.807, 2.05) is 24.3 Å². The molecule has 11 aliphatic rings. The number of anilines is 3. The van der Waals surface area contributed by atoms with Gasteiger partial charge in [0.05, 0.1) is 11.7 Å². The van der Waals surface area contributed by atoms with E-state index in [-0.39, 0.29) is 76.1 Å². The van der Waals surface area contributed by atoms with Crippen LogP contribution in [0.2, 0.25) is 0 Å². The molecule has 1 saturated carbocycles. The molecular formula is C78H72F6N2S. The molecular weight excluding hydrogens is 1110 g/mol. The summed E-state index contributed by atoms with van der Waals surface area (Å²) in [5, 5.41) is 0.0313. The molecule has 1 aliphatic heterocycles. The number of nitrogens with zero attached hydrogens (tertiary/aromatic N) is 2. The van der Waals surface area contributed by atoms with Crippen LogP contribution >= 0.6 is 11.8 Å². The average Bonchev–Trinajstić information content (AvgIpc) is 1.59. The van der Waals surface area contributed by atoms with E-state index in [1.54, 1.807) is 17.8 Å². The van der Waals surface area contributed by atoms with Gasteiger partial charge in [-0.15, -0.1) is 11.8 Å². The Kier molecular flexibility index (Phi) is 14.5. The van der Waals surface area contributed by atoms with Crippen molar-refractivity contribution in [3.63, 3.8) is 0 Å². The summed E-state index contributed by atoms with van der Waals surface area (Å²) < 4.78 is 92.5. The molecule has 0 saturated heterocycles. The van der Waals surface area contributed by atoms with Crippen molar-refractivity contribution in [2.24, 2.45) is 46.8 Å². The predicted molar refractivity (Wildman–Crippen MR) is 343 cm³/mol. The van der Waals surface area contributed by atoms with Gasteiger partial charge in [0.2, 0.25) is 0 Å². The maximum absolute atomic E-state index is 16.0. The molecule has 13 unspecified atom stereocenters. The fourth-order valence-corrected chi connectivity index (χ4v) is 19.7. The van der Waals surface area contributed by atoms with Gasteiger partial charge in [-0.25, -0.2) is 26.3 Å². The average molecular weight is 1180 g/mol. The molecule has 0 aromatic heterocycles. The molecule has 0 spiro atoms. The molecule has 2 nitrogen and oxygen atoms in total. The van der Waals surface area contributed by atoms with E-state index in [4.69, 9.17) is 0 Å². The van der Waals surface area contributed by atoms with Gasteiger partial charge in [0.25, 0.3) is 0 Å². The Bertz CT molecular complexity index is 3920. The van der Waals surface area contributed by atoms with Crippen molar-refractivity contribution in [1.29, 1.82) is 0 Å². The molecule has 0 bridgehead atoms. The van der Waals surface area contributed by atoms with Crippen molar-refractivity contribution in [3.05, 3.63) is 275 Å². The van der Waals surface area contributed by atoms with Gasteiger partial charge in [-0.05, 0) is 213 Å². The molecule has 4 aromatic rings. The minimum Gasteiger partial charge on any atom is -0.338 e. The van der Waals surface area contributed by atoms with Gasteiger partial charge in [-0.1, -0.05) is 146 Å². The van der Waals surface area contributed by atoms with Crippen LogP contribution in [-0.2, 0) is 5.41 Å². The third kappa shape index (κ3) is 9.19. The van der Waals surface area contributed by atoms with E-state index in [2.05, 4.69) is 163 Å². The monoisotopic (exact) mass is 1180 g/mol. The smallest absolute Gasteiger partial charge is 0.160 e. The highest BCUT2D eigenvalue weighted by Gasteiger charge is 2.63. The zero-order valence-corrected chi connectivity index (χ0v) is 49.7. The van der Waals surface area contributed by atoms with Crippen LogP contribution in [0.25, 0.3) is 11.1 Å². The third-order valence-electron chi connectivity index (χ3n) is 22.2. The van der Waals surface area contributed by atoms with Gasteiger partial charge >= 0.3 is 0 Å². The fourth-order valence-electron chi connectivity index (χ4n) is 18.4. The van der Waals surface area contributed by atoms with Crippen LogP contribution < -0.4 is 9.80 Å². The van der Waals surface area contributed by atoms with Crippen LogP contribution in [0.4, 0.5) is 43.4 Å². The molecule has 442 valence electrons. The molecule has 0 N–H and O–H groups in total. The Hall–Kier alpha value is -7.23. The number of allylic oxidation sites excluding steroid dienone is 22. The van der Waals surface area contributed by atoms with Crippen molar-refractivity contribution < 1.29 is 26.3 Å². The summed E-state index contributed by atoms with van der Waals surface area (Å²) in [5.74, 6) is -1.81. The Morgan fingerprint density at radius 2 is 1.29 bits per heavy atom. The van der Waals surface area contributed by atoms with E-state index < -0.39 is 35.1 Å². The lowest BCUT2D eigenvalue weighted by molar-refractivity contribution is 0.106. The number of alkyl halides is 1. The van der Waals surface area contributed by atoms with Crippen LogP contribution in [0, 0.1) is 58.5 Å². The quantitative estimate of drug-likeness (QED) is 0.131. The molecule has 9 heteroatoms. The number of halogens is 6. The summed E-state index contributed by atoms with van der Waals surface area (Å²) in [4.78, 5) is 5.46. The van der Waals surface area contributed by atoms with E-state index in [0.717, 1.165) is 78.2 Å². The lowest BCUT2D eigenvalue weighted by Crippen LogP contribution is -2.44. The predicted octanol–water partition coefficient (Wildman–Crippen LogP) is 21.3. The van der Waals surface area contributed by atoms with Crippen LogP contribution in [-0.4, -0.2) is 17.5 Å². The Morgan fingerprint density at radius 1 is 0.575 bits per heavy atom. The van der Waals surface area contributed by atoms with E-state index >= 15 is 26.3 Å². The number of rotatable bonds is 12. The Balaban J connectivity index is 0.852. The number of thioether (sulfide) groups is 1. The Labute approximate surface area is 512 Å². The molecule has 0 radical (unpaired) electrons. The number of hydrogen-bond acceptors (Lipinski definition) is 3. The molecule has 1 heterocycles. The van der Waals surface area contributed by atoms with Gasteiger partial charge in [-0.2, -0.15) is 0 Å². The second-order valence-corrected chi connectivity index (χ2v) is 27.3. The van der Waals surface area contributed by atoms with Gasteiger partial charge in [0.15, 0.2) is 17.8 Å². The minimum absolute atomic E-state index is 0.0100. The van der Waals surface area contributed by atoms with Gasteiger partial charge < -0.3 is 9.80 Å². The zero-order chi connectivity index (χ0) is 59.3. The van der Waals surface area contributed by atoms with Gasteiger partial charge in [0.1, 0.15) is 5.83 Å². The summed E-state index contributed by atoms with van der Waals surface area (Å²) in [6.45, 7) is 8.23. The second-order valence-electron chi connectivity index (χ2n) is 26.1. The van der Waals surface area contributed by atoms with E-state index in [9.17, 15) is 0 Å². The second kappa shape index (κ2) is 22.4. The molecule has 1 fully saturated rings. The largest absolute Gasteiger partial charge is 0.338 e. The van der Waals surface area contributed by atoms with Crippen molar-refractivity contribution in [2.45, 2.75) is 117 Å². The van der Waals surface area contributed by atoms with Crippen molar-refractivity contribution in [1.82, 2.24) is 0 Å². The number of fused-ring (bicyclic) bond motifs is 9. The normalized spacial score (nSPS) is 32.5. The number of benzene rings is 4. The van der Waals surface area contributed by atoms with Crippen LogP contribution in [0.5, 0.6) is 0 Å². The van der Waals surface area contributed by atoms with Crippen molar-refractivity contribution >= 4 is 28.8 Å². The van der Waals surface area contributed by atoms with Crippen molar-refractivity contribution in [2.75, 3.05) is 9.80 Å². The van der Waals surface area contributed by atoms with Crippen molar-refractivity contribution in [3.8, 4) is 11.1 Å². The zero-order valence-electron chi connectivity index (χ0n) is 48.9. The first-order valence-corrected chi connectivity index (χ1v) is 32.6. The molecule has 4 aromatic carbocycles. The van der Waals surface area contributed by atoms with Gasteiger partial charge in [-0.3, -0.25) is 0 Å². The van der Waals surface area contributed by atoms with E-state index in [1.165, 1.54) is 57.2 Å². The third-order valence-corrected chi connectivity index (χ3v) is 23.6. The van der Waals surface area contributed by atoms with Crippen LogP contribution in [0.3, 0.4) is 0 Å². The first-order valence-electron chi connectivity index (χ1n) is 31.7. The fraction of sp³-hybridized carbons (Fsp3) is 0.333. The van der Waals surface area contributed by atoms with Crippen LogP contribution in [0.15, 0.2) is 252 Å².